The number of nitrogens with one attached hydrogen (secondary N) is 1. The van der Waals surface area contributed by atoms with Gasteiger partial charge in [0.2, 0.25) is 0 Å². The lowest BCUT2D eigenvalue weighted by Gasteiger charge is -1.99. The van der Waals surface area contributed by atoms with Crippen molar-refractivity contribution in [3.63, 3.8) is 0 Å². The van der Waals surface area contributed by atoms with E-state index < -0.39 is 5.63 Å². The van der Waals surface area contributed by atoms with Gasteiger partial charge in [0.15, 0.2) is 5.69 Å². The molecule has 0 saturated carbocycles. The summed E-state index contributed by atoms with van der Waals surface area (Å²) in [6.07, 6.45) is 0. The molecule has 0 aliphatic carbocycles. The van der Waals surface area contributed by atoms with Crippen molar-refractivity contribution in [3.8, 4) is 0 Å². The van der Waals surface area contributed by atoms with Crippen molar-refractivity contribution in [3.05, 3.63) is 44.9 Å². The summed E-state index contributed by atoms with van der Waals surface area (Å²) in [5, 5.41) is 10.8. The van der Waals surface area contributed by atoms with Crippen molar-refractivity contribution in [2.75, 3.05) is 0 Å². The number of nitrogens with zero attached hydrogens (tertiary/aromatic N) is 2. The smallest absolute Gasteiger partial charge is 0.336 e. The highest BCUT2D eigenvalue weighted by Crippen LogP contribution is 2.29. The van der Waals surface area contributed by atoms with Crippen LogP contribution < -0.4 is 5.63 Å². The van der Waals surface area contributed by atoms with Crippen LogP contribution in [0.15, 0.2) is 37.7 Å². The molecule has 1 aromatic carbocycles. The first-order chi connectivity index (χ1) is 8.09. The molecule has 0 amide bonds. The molecule has 2 aromatic rings. The molecule has 0 bridgehead atoms. The van der Waals surface area contributed by atoms with Crippen LogP contribution in [0.2, 0.25) is 5.02 Å². The maximum absolute atomic E-state index is 11.2. The molecule has 0 radical (unpaired) electrons. The molecule has 0 fully saturated rings. The molecular formula is C11H10ClN3O2. The predicted octanol–water partition coefficient (Wildman–Crippen LogP) is 3.65. The Bertz CT molecular complexity index is 608. The molecule has 0 unspecified atom stereocenters. The van der Waals surface area contributed by atoms with Gasteiger partial charge in [-0.25, -0.2) is 9.95 Å². The van der Waals surface area contributed by atoms with Gasteiger partial charge in [0.05, 0.1) is 10.7 Å². The van der Waals surface area contributed by atoms with E-state index in [0.717, 1.165) is 5.56 Å². The Morgan fingerprint density at radius 3 is 2.53 bits per heavy atom. The van der Waals surface area contributed by atoms with E-state index in [2.05, 4.69) is 19.9 Å². The monoisotopic (exact) mass is 251 g/mol. The minimum absolute atomic E-state index is 0.157. The third-order valence-electron chi connectivity index (χ3n) is 2.28. The van der Waals surface area contributed by atoms with Crippen LogP contribution in [-0.2, 0) is 0 Å². The second kappa shape index (κ2) is 4.55. The van der Waals surface area contributed by atoms with Crippen LogP contribution >= 0.6 is 11.6 Å². The van der Waals surface area contributed by atoms with E-state index in [1.165, 1.54) is 0 Å². The van der Waals surface area contributed by atoms with Crippen LogP contribution in [0.1, 0.15) is 11.3 Å². The fourth-order valence-corrected chi connectivity index (χ4v) is 1.60. The van der Waals surface area contributed by atoms with Gasteiger partial charge < -0.3 is 4.52 Å². The van der Waals surface area contributed by atoms with Gasteiger partial charge >= 0.3 is 5.63 Å². The van der Waals surface area contributed by atoms with Gasteiger partial charge in [0, 0.05) is 0 Å². The van der Waals surface area contributed by atoms with E-state index in [-0.39, 0.29) is 5.69 Å². The van der Waals surface area contributed by atoms with Crippen LogP contribution in [-0.4, -0.2) is 5.16 Å². The largest absolute Gasteiger partial charge is 0.384 e. The lowest BCUT2D eigenvalue weighted by atomic mass is 10.2. The molecule has 6 heteroatoms. The van der Waals surface area contributed by atoms with Gasteiger partial charge in [0.1, 0.15) is 5.69 Å². The van der Waals surface area contributed by atoms with Crippen LogP contribution in [0.3, 0.4) is 0 Å². The second-order valence-electron chi connectivity index (χ2n) is 3.57. The van der Waals surface area contributed by atoms with Gasteiger partial charge in [0.25, 0.3) is 0 Å². The number of aromatic nitrogens is 1. The van der Waals surface area contributed by atoms with Crippen LogP contribution in [0, 0.1) is 13.8 Å². The SMILES string of the molecule is Cc1cccc(Cl)c1N=Nc1c(C)[nH]oc1=O. The van der Waals surface area contributed by atoms with E-state index in [1.807, 2.05) is 19.1 Å². The van der Waals surface area contributed by atoms with Gasteiger partial charge in [-0.2, -0.15) is 0 Å². The van der Waals surface area contributed by atoms with Crippen molar-refractivity contribution in [2.24, 2.45) is 10.2 Å². The molecule has 5 nitrogen and oxygen atoms in total. The number of halogens is 1. The lowest BCUT2D eigenvalue weighted by Crippen LogP contribution is -1.89. The maximum Gasteiger partial charge on any atom is 0.384 e. The topological polar surface area (TPSA) is 70.7 Å². The third kappa shape index (κ3) is 2.29. The number of aromatic amines is 1. The number of H-pyrrole nitrogens is 1. The first-order valence-electron chi connectivity index (χ1n) is 4.94. The first-order valence-corrected chi connectivity index (χ1v) is 5.32. The Hall–Kier alpha value is -1.88. The summed E-state index contributed by atoms with van der Waals surface area (Å²) in [5.41, 5.74) is 1.58. The fraction of sp³-hybridized carbons (Fsp3) is 0.182. The Balaban J connectivity index is 2.43. The molecule has 1 heterocycles. The van der Waals surface area contributed by atoms with Gasteiger partial charge in [-0.3, -0.25) is 0 Å². The molecule has 0 spiro atoms. The van der Waals surface area contributed by atoms with E-state index in [4.69, 9.17) is 11.6 Å². The molecule has 0 atom stereocenters. The summed E-state index contributed by atoms with van der Waals surface area (Å²) in [6, 6.07) is 5.41. The zero-order valence-electron chi connectivity index (χ0n) is 9.32. The van der Waals surface area contributed by atoms with Crippen molar-refractivity contribution in [1.82, 2.24) is 5.16 Å². The zero-order valence-corrected chi connectivity index (χ0v) is 10.1. The Morgan fingerprint density at radius 1 is 1.24 bits per heavy atom. The Kier molecular flexibility index (Phi) is 3.10. The molecule has 17 heavy (non-hydrogen) atoms. The number of hydrogen-bond acceptors (Lipinski definition) is 4. The molecule has 1 N–H and O–H groups in total. The minimum atomic E-state index is -0.545. The van der Waals surface area contributed by atoms with Gasteiger partial charge in [-0.1, -0.05) is 23.7 Å². The Labute approximate surface area is 102 Å². The number of hydrogen-bond donors (Lipinski definition) is 1. The summed E-state index contributed by atoms with van der Waals surface area (Å²) in [7, 11) is 0. The van der Waals surface area contributed by atoms with Crippen molar-refractivity contribution in [1.29, 1.82) is 0 Å². The molecule has 2 rings (SSSR count). The quantitative estimate of drug-likeness (QED) is 0.828. The van der Waals surface area contributed by atoms with E-state index >= 15 is 0 Å². The maximum atomic E-state index is 11.2. The highest BCUT2D eigenvalue weighted by atomic mass is 35.5. The lowest BCUT2D eigenvalue weighted by molar-refractivity contribution is 0.388. The van der Waals surface area contributed by atoms with Gasteiger partial charge in [-0.05, 0) is 25.5 Å². The van der Waals surface area contributed by atoms with Crippen molar-refractivity contribution < 1.29 is 4.52 Å². The summed E-state index contributed by atoms with van der Waals surface area (Å²) in [4.78, 5) is 11.2. The summed E-state index contributed by atoms with van der Waals surface area (Å²) >= 11 is 5.99. The summed E-state index contributed by atoms with van der Waals surface area (Å²) in [5.74, 6) is 0. The number of aryl methyl sites for hydroxylation is 2. The fourth-order valence-electron chi connectivity index (χ4n) is 1.34. The molecule has 88 valence electrons. The van der Waals surface area contributed by atoms with E-state index in [9.17, 15) is 4.79 Å². The van der Waals surface area contributed by atoms with Crippen LogP contribution in [0.4, 0.5) is 11.4 Å². The first kappa shape index (κ1) is 11.6. The van der Waals surface area contributed by atoms with Crippen LogP contribution in [0.25, 0.3) is 0 Å². The number of benzene rings is 1. The molecular weight excluding hydrogens is 242 g/mol. The summed E-state index contributed by atoms with van der Waals surface area (Å²) < 4.78 is 4.58. The summed E-state index contributed by atoms with van der Waals surface area (Å²) in [6.45, 7) is 3.55. The van der Waals surface area contributed by atoms with Crippen molar-refractivity contribution >= 4 is 23.0 Å². The molecule has 0 aliphatic heterocycles. The molecule has 0 saturated heterocycles. The number of azo groups is 1. The van der Waals surface area contributed by atoms with E-state index in [0.29, 0.717) is 16.4 Å². The minimum Gasteiger partial charge on any atom is -0.336 e. The van der Waals surface area contributed by atoms with Crippen LogP contribution in [0.5, 0.6) is 0 Å². The molecule has 0 aliphatic rings. The highest BCUT2D eigenvalue weighted by molar-refractivity contribution is 6.33. The average molecular weight is 252 g/mol. The van der Waals surface area contributed by atoms with Crippen molar-refractivity contribution in [2.45, 2.75) is 13.8 Å². The standard InChI is InChI=1S/C11H10ClN3O2/c1-6-4-3-5-8(12)9(6)13-14-10-7(2)15-17-11(10)16/h3-5,15H,1-2H3. The average Bonchev–Trinajstić information content (AvgIpc) is 2.59. The molecule has 1 aromatic heterocycles. The Morgan fingerprint density at radius 2 is 1.94 bits per heavy atom. The second-order valence-corrected chi connectivity index (χ2v) is 3.98. The van der Waals surface area contributed by atoms with Gasteiger partial charge in [-0.15, -0.1) is 10.2 Å². The van der Waals surface area contributed by atoms with E-state index in [1.54, 1.807) is 13.0 Å². The number of rotatable bonds is 2. The highest BCUT2D eigenvalue weighted by Gasteiger charge is 2.08. The zero-order chi connectivity index (χ0) is 12.4. The third-order valence-corrected chi connectivity index (χ3v) is 2.59. The predicted molar refractivity (Wildman–Crippen MR) is 64.4 cm³/mol. The normalized spacial score (nSPS) is 11.2.